The van der Waals surface area contributed by atoms with Crippen LogP contribution in [-0.4, -0.2) is 71.1 Å². The summed E-state index contributed by atoms with van der Waals surface area (Å²) in [6.07, 6.45) is 1.44. The minimum atomic E-state index is -0.618. The zero-order valence-electron chi connectivity index (χ0n) is 19.3. The van der Waals surface area contributed by atoms with Crippen LogP contribution in [-0.2, 0) is 16.0 Å². The predicted octanol–water partition coefficient (Wildman–Crippen LogP) is 1.97. The van der Waals surface area contributed by atoms with E-state index < -0.39 is 29.9 Å². The van der Waals surface area contributed by atoms with E-state index in [9.17, 15) is 14.7 Å². The fourth-order valence-electron chi connectivity index (χ4n) is 4.53. The Kier molecular flexibility index (Phi) is 7.45. The third kappa shape index (κ3) is 5.19. The maximum absolute atomic E-state index is 15.0. The van der Waals surface area contributed by atoms with Gasteiger partial charge in [-0.1, -0.05) is 5.21 Å². The average molecular weight is 487 g/mol. The first-order valence-electron chi connectivity index (χ1n) is 11.5. The van der Waals surface area contributed by atoms with Crippen molar-refractivity contribution in [2.75, 3.05) is 42.6 Å². The molecule has 0 spiro atoms. The number of carbonyl (C=O) groups excluding carboxylic acids is 2. The van der Waals surface area contributed by atoms with E-state index in [-0.39, 0.29) is 37.9 Å². The number of nitriles is 1. The first-order chi connectivity index (χ1) is 16.9. The number of hydrogen-bond acceptors (Lipinski definition) is 9. The van der Waals surface area contributed by atoms with Crippen LogP contribution in [0.1, 0.15) is 30.3 Å². The summed E-state index contributed by atoms with van der Waals surface area (Å²) in [6, 6.07) is 6.74. The standard InChI is InChI=1S/C23H27FN6O5/c1-2-34-22(32)21-11-26-27-30(21)13-18-12-29(23(33)35-18)17-3-4-20(19(24)9-17)28-7-5-15(6-8-28)16(10-25)14-31/h3-4,9,11,15-16,18,31H,2,5-8,12-14H2,1H3/t16?,18-/m1/s1. The maximum Gasteiger partial charge on any atom is 0.414 e. The molecule has 35 heavy (non-hydrogen) atoms. The molecule has 4 rings (SSSR count). The van der Waals surface area contributed by atoms with Gasteiger partial charge in [0.05, 0.1) is 55.9 Å². The molecule has 1 N–H and O–H groups in total. The molecule has 186 valence electrons. The van der Waals surface area contributed by atoms with Gasteiger partial charge < -0.3 is 19.5 Å². The number of anilines is 2. The van der Waals surface area contributed by atoms with Gasteiger partial charge >= 0.3 is 12.1 Å². The zero-order valence-corrected chi connectivity index (χ0v) is 19.3. The molecule has 2 atom stereocenters. The topological polar surface area (TPSA) is 134 Å². The van der Waals surface area contributed by atoms with Gasteiger partial charge in [0.2, 0.25) is 0 Å². The van der Waals surface area contributed by atoms with E-state index >= 15 is 4.39 Å². The van der Waals surface area contributed by atoms with E-state index in [4.69, 9.17) is 14.7 Å². The molecular weight excluding hydrogens is 459 g/mol. The molecule has 1 aromatic carbocycles. The highest BCUT2D eigenvalue weighted by Gasteiger charge is 2.34. The van der Waals surface area contributed by atoms with Crippen LogP contribution in [0.3, 0.4) is 0 Å². The molecule has 0 aliphatic carbocycles. The Morgan fingerprint density at radius 1 is 1.40 bits per heavy atom. The van der Waals surface area contributed by atoms with E-state index in [0.29, 0.717) is 37.3 Å². The predicted molar refractivity (Wildman–Crippen MR) is 121 cm³/mol. The van der Waals surface area contributed by atoms with E-state index in [1.165, 1.54) is 21.8 Å². The van der Waals surface area contributed by atoms with E-state index in [1.54, 1.807) is 19.1 Å². The Morgan fingerprint density at radius 3 is 2.83 bits per heavy atom. The number of hydrogen-bond donors (Lipinski definition) is 1. The van der Waals surface area contributed by atoms with Crippen molar-refractivity contribution in [2.45, 2.75) is 32.4 Å². The van der Waals surface area contributed by atoms with Crippen molar-refractivity contribution in [3.8, 4) is 6.07 Å². The Balaban J connectivity index is 1.40. The molecule has 1 aromatic heterocycles. The lowest BCUT2D eigenvalue weighted by molar-refractivity contribution is 0.0507. The van der Waals surface area contributed by atoms with Gasteiger partial charge in [0, 0.05) is 13.1 Å². The molecular formula is C23H27FN6O5. The number of halogens is 1. The largest absolute Gasteiger partial charge is 0.461 e. The highest BCUT2D eigenvalue weighted by Crippen LogP contribution is 2.32. The van der Waals surface area contributed by atoms with Crippen LogP contribution in [0.2, 0.25) is 0 Å². The molecule has 0 saturated carbocycles. The van der Waals surface area contributed by atoms with Crippen molar-refractivity contribution in [1.82, 2.24) is 15.0 Å². The van der Waals surface area contributed by atoms with Crippen LogP contribution >= 0.6 is 0 Å². The van der Waals surface area contributed by atoms with Gasteiger partial charge in [0.25, 0.3) is 0 Å². The second-order valence-electron chi connectivity index (χ2n) is 8.52. The highest BCUT2D eigenvalue weighted by molar-refractivity contribution is 5.90. The van der Waals surface area contributed by atoms with Crippen molar-refractivity contribution >= 4 is 23.4 Å². The molecule has 2 aliphatic heterocycles. The van der Waals surface area contributed by atoms with Gasteiger partial charge in [0.1, 0.15) is 11.9 Å². The monoisotopic (exact) mass is 486 g/mol. The molecule has 3 heterocycles. The average Bonchev–Trinajstić information content (AvgIpc) is 3.47. The Labute approximate surface area is 201 Å². The van der Waals surface area contributed by atoms with E-state index in [1.807, 2.05) is 4.90 Å². The number of rotatable bonds is 8. The number of benzene rings is 1. The Morgan fingerprint density at radius 2 is 2.17 bits per heavy atom. The highest BCUT2D eigenvalue weighted by atomic mass is 19.1. The number of nitrogens with zero attached hydrogens (tertiary/aromatic N) is 6. The molecule has 1 unspecified atom stereocenters. The summed E-state index contributed by atoms with van der Waals surface area (Å²) in [4.78, 5) is 27.7. The van der Waals surface area contributed by atoms with Crippen molar-refractivity contribution in [1.29, 1.82) is 5.26 Å². The summed E-state index contributed by atoms with van der Waals surface area (Å²) >= 11 is 0. The first-order valence-corrected chi connectivity index (χ1v) is 11.5. The SMILES string of the molecule is CCOC(=O)c1cnnn1C[C@H]1CN(c2ccc(N3CCC(C(C#N)CO)CC3)c(F)c2)C(=O)O1. The molecule has 2 aliphatic rings. The van der Waals surface area contributed by atoms with Gasteiger partial charge in [-0.05, 0) is 43.9 Å². The van der Waals surface area contributed by atoms with Crippen molar-refractivity contribution in [3.05, 3.63) is 35.9 Å². The summed E-state index contributed by atoms with van der Waals surface area (Å²) in [5.74, 6) is -1.34. The molecule has 2 aromatic rings. The summed E-state index contributed by atoms with van der Waals surface area (Å²) in [7, 11) is 0. The number of amides is 1. The molecule has 12 heteroatoms. The minimum Gasteiger partial charge on any atom is -0.461 e. The van der Waals surface area contributed by atoms with Crippen molar-refractivity contribution in [3.63, 3.8) is 0 Å². The minimum absolute atomic E-state index is 0.0919. The fraction of sp³-hybridized carbons (Fsp3) is 0.522. The lowest BCUT2D eigenvalue weighted by atomic mass is 9.85. The summed E-state index contributed by atoms with van der Waals surface area (Å²) in [5, 5.41) is 26.1. The molecule has 2 saturated heterocycles. The smallest absolute Gasteiger partial charge is 0.414 e. The molecule has 0 bridgehead atoms. The Hall–Kier alpha value is -3.72. The van der Waals surface area contributed by atoms with Crippen LogP contribution < -0.4 is 9.80 Å². The number of ether oxygens (including phenoxy) is 2. The number of esters is 1. The van der Waals surface area contributed by atoms with E-state index in [0.717, 1.165) is 0 Å². The lowest BCUT2D eigenvalue weighted by Gasteiger charge is -2.35. The second-order valence-corrected chi connectivity index (χ2v) is 8.52. The van der Waals surface area contributed by atoms with Crippen molar-refractivity contribution < 1.29 is 28.6 Å². The number of aromatic nitrogens is 3. The maximum atomic E-state index is 15.0. The number of carbonyl (C=O) groups is 2. The summed E-state index contributed by atoms with van der Waals surface area (Å²) in [6.45, 7) is 3.14. The normalized spacial score (nSPS) is 19.4. The van der Waals surface area contributed by atoms with Gasteiger partial charge in [-0.15, -0.1) is 5.10 Å². The van der Waals surface area contributed by atoms with Crippen LogP contribution in [0.25, 0.3) is 0 Å². The Bertz CT molecular complexity index is 1110. The molecule has 2 fully saturated rings. The van der Waals surface area contributed by atoms with Crippen LogP contribution in [0.15, 0.2) is 24.4 Å². The molecule has 0 radical (unpaired) electrons. The van der Waals surface area contributed by atoms with Crippen LogP contribution in [0, 0.1) is 29.0 Å². The lowest BCUT2D eigenvalue weighted by Crippen LogP contribution is -2.37. The van der Waals surface area contributed by atoms with E-state index in [2.05, 4.69) is 16.4 Å². The third-order valence-electron chi connectivity index (χ3n) is 6.41. The zero-order chi connectivity index (χ0) is 24.9. The number of piperidine rings is 1. The van der Waals surface area contributed by atoms with Gasteiger partial charge in [-0.2, -0.15) is 5.26 Å². The van der Waals surface area contributed by atoms with Gasteiger partial charge in [-0.25, -0.2) is 18.7 Å². The van der Waals surface area contributed by atoms with Crippen molar-refractivity contribution in [2.24, 2.45) is 11.8 Å². The number of aliphatic hydroxyl groups excluding tert-OH is 1. The second kappa shape index (κ2) is 10.7. The summed E-state index contributed by atoms with van der Waals surface area (Å²) in [5.41, 5.74) is 0.943. The quantitative estimate of drug-likeness (QED) is 0.556. The first kappa shape index (κ1) is 24.4. The van der Waals surface area contributed by atoms with Gasteiger partial charge in [0.15, 0.2) is 5.69 Å². The van der Waals surface area contributed by atoms with Gasteiger partial charge in [-0.3, -0.25) is 4.90 Å². The number of aliphatic hydroxyl groups is 1. The van der Waals surface area contributed by atoms with Crippen LogP contribution in [0.5, 0.6) is 0 Å². The number of cyclic esters (lactones) is 1. The summed E-state index contributed by atoms with van der Waals surface area (Å²) < 4.78 is 26.7. The molecule has 1 amide bonds. The third-order valence-corrected chi connectivity index (χ3v) is 6.41. The molecule has 11 nitrogen and oxygen atoms in total. The van der Waals surface area contributed by atoms with Crippen LogP contribution in [0.4, 0.5) is 20.6 Å². The fourth-order valence-corrected chi connectivity index (χ4v) is 4.53.